The predicted molar refractivity (Wildman–Crippen MR) is 129 cm³/mol. The third-order valence-electron chi connectivity index (χ3n) is 5.96. The van der Waals surface area contributed by atoms with Crippen LogP contribution in [0, 0.1) is 0 Å². The number of carbonyl (C=O) groups is 2. The summed E-state index contributed by atoms with van der Waals surface area (Å²) < 4.78 is 0. The van der Waals surface area contributed by atoms with Gasteiger partial charge in [0.05, 0.1) is 23.3 Å². The summed E-state index contributed by atoms with van der Waals surface area (Å²) in [4.78, 5) is 26.0. The number of aromatic nitrogens is 2. The van der Waals surface area contributed by atoms with Crippen LogP contribution in [0.15, 0.2) is 66.7 Å². The fourth-order valence-electron chi connectivity index (χ4n) is 4.30. The molecule has 0 atom stereocenters. The van der Waals surface area contributed by atoms with E-state index in [2.05, 4.69) is 16.8 Å². The van der Waals surface area contributed by atoms with Crippen molar-refractivity contribution in [2.24, 2.45) is 5.73 Å². The zero-order chi connectivity index (χ0) is 23.3. The van der Waals surface area contributed by atoms with Crippen molar-refractivity contribution in [1.29, 1.82) is 0 Å². The lowest BCUT2D eigenvalue weighted by Crippen LogP contribution is -2.30. The lowest BCUT2D eigenvalue weighted by atomic mass is 9.94. The monoisotopic (exact) mass is 438 g/mol. The Morgan fingerprint density at radius 2 is 1.91 bits per heavy atom. The molecule has 0 saturated heterocycles. The quantitative estimate of drug-likeness (QED) is 0.280. The number of benzene rings is 3. The molecular weight excluding hydrogens is 416 g/mol. The van der Waals surface area contributed by atoms with Gasteiger partial charge in [-0.05, 0) is 47.0 Å². The van der Waals surface area contributed by atoms with Crippen LogP contribution in [0.5, 0.6) is 0 Å². The van der Waals surface area contributed by atoms with Gasteiger partial charge in [0.1, 0.15) is 0 Å². The Labute approximate surface area is 189 Å². The summed E-state index contributed by atoms with van der Waals surface area (Å²) in [6, 6.07) is 17.2. The molecule has 4 aromatic rings. The molecule has 5 rings (SSSR count). The zero-order valence-electron chi connectivity index (χ0n) is 17.8. The van der Waals surface area contributed by atoms with Gasteiger partial charge < -0.3 is 22.1 Å². The van der Waals surface area contributed by atoms with Gasteiger partial charge in [0.15, 0.2) is 0 Å². The third kappa shape index (κ3) is 3.38. The van der Waals surface area contributed by atoms with E-state index in [1.54, 1.807) is 6.07 Å². The van der Waals surface area contributed by atoms with Gasteiger partial charge in [-0.3, -0.25) is 14.7 Å². The lowest BCUT2D eigenvalue weighted by molar-refractivity contribution is -0.114. The summed E-state index contributed by atoms with van der Waals surface area (Å²) in [5, 5.41) is 8.49. The largest absolute Gasteiger partial charge is 0.399 e. The molecule has 8 heteroatoms. The van der Waals surface area contributed by atoms with Crippen molar-refractivity contribution in [3.63, 3.8) is 0 Å². The molecule has 1 aliphatic rings. The first-order valence-corrected chi connectivity index (χ1v) is 10.4. The highest BCUT2D eigenvalue weighted by molar-refractivity contribution is 6.06. The Kier molecular flexibility index (Phi) is 4.63. The van der Waals surface area contributed by atoms with E-state index in [9.17, 15) is 9.59 Å². The molecule has 1 aromatic heterocycles. The van der Waals surface area contributed by atoms with Crippen molar-refractivity contribution >= 4 is 34.1 Å². The number of anilines is 2. The van der Waals surface area contributed by atoms with Crippen molar-refractivity contribution in [1.82, 2.24) is 15.1 Å². The zero-order valence-corrected chi connectivity index (χ0v) is 17.8. The molecule has 33 heavy (non-hydrogen) atoms. The molecule has 0 saturated carbocycles. The molecule has 0 fully saturated rings. The van der Waals surface area contributed by atoms with Crippen LogP contribution in [0.2, 0.25) is 0 Å². The molecule has 1 aliphatic heterocycles. The van der Waals surface area contributed by atoms with Gasteiger partial charge in [-0.15, -0.1) is 0 Å². The fourth-order valence-corrected chi connectivity index (χ4v) is 4.30. The average molecular weight is 438 g/mol. The number of hydrogen-bond donors (Lipinski definition) is 4. The van der Waals surface area contributed by atoms with E-state index in [0.717, 1.165) is 38.9 Å². The van der Waals surface area contributed by atoms with Crippen LogP contribution < -0.4 is 17.2 Å². The Morgan fingerprint density at radius 3 is 2.67 bits per heavy atom. The molecule has 0 bridgehead atoms. The maximum absolute atomic E-state index is 13.0. The Morgan fingerprint density at radius 1 is 1.09 bits per heavy atom. The van der Waals surface area contributed by atoms with E-state index < -0.39 is 5.91 Å². The van der Waals surface area contributed by atoms with Crippen molar-refractivity contribution in [3.8, 4) is 22.4 Å². The summed E-state index contributed by atoms with van der Waals surface area (Å²) in [5.74, 6) is -0.872. The number of rotatable bonds is 5. The van der Waals surface area contributed by atoms with E-state index in [4.69, 9.17) is 17.2 Å². The fraction of sp³-hybridized carbons (Fsp3) is 0.0800. The van der Waals surface area contributed by atoms with E-state index in [1.165, 1.54) is 4.90 Å². The molecule has 0 spiro atoms. The van der Waals surface area contributed by atoms with Gasteiger partial charge in [-0.1, -0.05) is 30.8 Å². The number of fused-ring (bicyclic) bond motifs is 2. The molecule has 0 unspecified atom stereocenters. The molecule has 164 valence electrons. The number of aromatic amines is 1. The second-order valence-corrected chi connectivity index (χ2v) is 8.14. The number of hydrogen-bond acceptors (Lipinski definition) is 5. The Hall–Kier alpha value is -4.59. The highest BCUT2D eigenvalue weighted by atomic mass is 16.2. The molecule has 8 nitrogen and oxygen atoms in total. The number of nitrogens with zero attached hydrogens (tertiary/aromatic N) is 2. The molecule has 2 amide bonds. The van der Waals surface area contributed by atoms with Crippen LogP contribution in [-0.4, -0.2) is 33.5 Å². The normalized spacial score (nSPS) is 12.8. The van der Waals surface area contributed by atoms with E-state index >= 15 is 0 Å². The van der Waals surface area contributed by atoms with Crippen LogP contribution in [0.4, 0.5) is 11.4 Å². The Balaban J connectivity index is 1.60. The highest BCUT2D eigenvalue weighted by Crippen LogP contribution is 2.38. The average Bonchev–Trinajstić information content (AvgIpc) is 3.35. The molecule has 0 aliphatic carbocycles. The maximum atomic E-state index is 13.0. The second kappa shape index (κ2) is 7.52. The van der Waals surface area contributed by atoms with E-state index in [1.807, 2.05) is 48.5 Å². The summed E-state index contributed by atoms with van der Waals surface area (Å²) >= 11 is 0. The number of amides is 2. The number of H-pyrrole nitrogens is 1. The predicted octanol–water partition coefficient (Wildman–Crippen LogP) is 3.06. The van der Waals surface area contributed by atoms with Crippen LogP contribution in [-0.2, 0) is 11.3 Å². The number of primary amides is 1. The van der Waals surface area contributed by atoms with Gasteiger partial charge in [0.25, 0.3) is 5.91 Å². The topological polar surface area (TPSA) is 144 Å². The molecule has 3 aromatic carbocycles. The molecule has 7 N–H and O–H groups in total. The minimum absolute atomic E-state index is 0.0576. The van der Waals surface area contributed by atoms with Gasteiger partial charge >= 0.3 is 0 Å². The number of carbonyl (C=O) groups excluding carboxylic acids is 2. The first-order valence-electron chi connectivity index (χ1n) is 10.4. The van der Waals surface area contributed by atoms with Gasteiger partial charge in [-0.2, -0.15) is 5.10 Å². The molecule has 2 heterocycles. The highest BCUT2D eigenvalue weighted by Gasteiger charge is 2.32. The first-order chi connectivity index (χ1) is 15.8. The van der Waals surface area contributed by atoms with Crippen molar-refractivity contribution in [2.75, 3.05) is 18.0 Å². The lowest BCUT2D eigenvalue weighted by Gasteiger charge is -2.15. The second-order valence-electron chi connectivity index (χ2n) is 8.14. The van der Waals surface area contributed by atoms with Gasteiger partial charge in [0, 0.05) is 34.4 Å². The minimum Gasteiger partial charge on any atom is -0.399 e. The SMILES string of the molecule is C=C(CN1Cc2c(-c3ccc4[nH]nc(-c5cccc(N)c5)c4c3)ccc(N)c2C1=O)C(N)=O. The molecular formula is C25H22N6O2. The summed E-state index contributed by atoms with van der Waals surface area (Å²) in [7, 11) is 0. The number of nitrogen functional groups attached to an aromatic ring is 2. The van der Waals surface area contributed by atoms with Crippen LogP contribution in [0.1, 0.15) is 15.9 Å². The number of nitrogens with one attached hydrogen (secondary N) is 1. The standard InChI is InChI=1S/C25H22N6O2/c1-13(24(28)32)11-31-12-19-17(6-7-20(27)22(19)25(31)33)14-5-8-21-18(10-14)23(30-29-21)15-3-2-4-16(26)9-15/h2-10H,1,11-12,26-27H2,(H2,28,32)(H,29,30). The Bertz CT molecular complexity index is 1470. The van der Waals surface area contributed by atoms with Gasteiger partial charge in [-0.25, -0.2) is 0 Å². The molecule has 0 radical (unpaired) electrons. The number of nitrogens with two attached hydrogens (primary N) is 3. The van der Waals surface area contributed by atoms with Crippen LogP contribution in [0.3, 0.4) is 0 Å². The van der Waals surface area contributed by atoms with Crippen molar-refractivity contribution in [3.05, 3.63) is 77.9 Å². The summed E-state index contributed by atoms with van der Waals surface area (Å²) in [6.07, 6.45) is 0. The smallest absolute Gasteiger partial charge is 0.256 e. The van der Waals surface area contributed by atoms with Crippen LogP contribution >= 0.6 is 0 Å². The summed E-state index contributed by atoms with van der Waals surface area (Å²) in [5.41, 5.74) is 24.3. The first kappa shape index (κ1) is 20.3. The van der Waals surface area contributed by atoms with Crippen molar-refractivity contribution < 1.29 is 9.59 Å². The van der Waals surface area contributed by atoms with Crippen molar-refractivity contribution in [2.45, 2.75) is 6.54 Å². The van der Waals surface area contributed by atoms with E-state index in [0.29, 0.717) is 23.5 Å². The summed E-state index contributed by atoms with van der Waals surface area (Å²) in [6.45, 7) is 4.04. The minimum atomic E-state index is -0.633. The maximum Gasteiger partial charge on any atom is 0.256 e. The van der Waals surface area contributed by atoms with Crippen LogP contribution in [0.25, 0.3) is 33.3 Å². The third-order valence-corrected chi connectivity index (χ3v) is 5.96. The van der Waals surface area contributed by atoms with E-state index in [-0.39, 0.29) is 18.0 Å². The van der Waals surface area contributed by atoms with Gasteiger partial charge in [0.2, 0.25) is 5.91 Å².